The highest BCUT2D eigenvalue weighted by Crippen LogP contribution is 2.22. The number of piperidine rings is 1. The average molecular weight is 391 g/mol. The Kier molecular flexibility index (Phi) is 5.72. The summed E-state index contributed by atoms with van der Waals surface area (Å²) < 4.78 is 33.1. The Hall–Kier alpha value is -2.12. The fraction of sp³-hybridized carbons (Fsp3) is 0.450. The van der Waals surface area contributed by atoms with Crippen molar-refractivity contribution in [3.63, 3.8) is 0 Å². The summed E-state index contributed by atoms with van der Waals surface area (Å²) in [5, 5.41) is 0. The van der Waals surface area contributed by atoms with Crippen molar-refractivity contribution in [2.75, 3.05) is 19.6 Å². The largest absolute Gasteiger partial charge is 0.472 e. The van der Waals surface area contributed by atoms with E-state index in [4.69, 9.17) is 4.42 Å². The van der Waals surface area contributed by atoms with Crippen LogP contribution in [0.4, 0.5) is 0 Å². The second-order valence-electron chi connectivity index (χ2n) is 7.30. The molecule has 1 aliphatic heterocycles. The standard InChI is InChI=1S/C20H26N2O4S/c1-14-10-16(3)19(11-15(14)2)27(24,25)21-12-17-4-7-22(8-5-17)20(23)18-6-9-26-13-18/h6,9-11,13,17,21H,4-5,7-8,12H2,1-3H3. The SMILES string of the molecule is Cc1cc(C)c(S(=O)(=O)NCC2CCN(C(=O)c3ccoc3)CC2)cc1C. The monoisotopic (exact) mass is 390 g/mol. The van der Waals surface area contributed by atoms with E-state index in [1.807, 2.05) is 26.8 Å². The minimum atomic E-state index is -3.54. The number of carbonyl (C=O) groups excluding carboxylic acids is 1. The highest BCUT2D eigenvalue weighted by Gasteiger charge is 2.26. The van der Waals surface area contributed by atoms with Gasteiger partial charge in [0.1, 0.15) is 6.26 Å². The van der Waals surface area contributed by atoms with E-state index in [0.717, 1.165) is 29.5 Å². The van der Waals surface area contributed by atoms with E-state index < -0.39 is 10.0 Å². The Labute approximate surface area is 160 Å². The van der Waals surface area contributed by atoms with E-state index in [-0.39, 0.29) is 11.8 Å². The number of amides is 1. The molecule has 27 heavy (non-hydrogen) atoms. The number of nitrogens with one attached hydrogen (secondary N) is 1. The molecule has 0 spiro atoms. The van der Waals surface area contributed by atoms with Crippen LogP contribution in [0, 0.1) is 26.7 Å². The average Bonchev–Trinajstić information content (AvgIpc) is 3.17. The lowest BCUT2D eigenvalue weighted by atomic mass is 9.97. The summed E-state index contributed by atoms with van der Waals surface area (Å²) in [6, 6.07) is 5.30. The van der Waals surface area contributed by atoms with Gasteiger partial charge in [-0.05, 0) is 68.4 Å². The third-order valence-electron chi connectivity index (χ3n) is 5.31. The van der Waals surface area contributed by atoms with Crippen molar-refractivity contribution < 1.29 is 17.6 Å². The quantitative estimate of drug-likeness (QED) is 0.851. The highest BCUT2D eigenvalue weighted by molar-refractivity contribution is 7.89. The van der Waals surface area contributed by atoms with Crippen molar-refractivity contribution in [3.05, 3.63) is 53.0 Å². The molecule has 0 unspecified atom stereocenters. The Morgan fingerprint density at radius 1 is 1.15 bits per heavy atom. The Morgan fingerprint density at radius 2 is 1.81 bits per heavy atom. The fourth-order valence-electron chi connectivity index (χ4n) is 3.44. The first-order valence-electron chi connectivity index (χ1n) is 9.17. The van der Waals surface area contributed by atoms with Gasteiger partial charge in [0.15, 0.2) is 0 Å². The topological polar surface area (TPSA) is 79.6 Å². The normalized spacial score (nSPS) is 15.9. The molecule has 1 N–H and O–H groups in total. The predicted octanol–water partition coefficient (Wildman–Crippen LogP) is 3.04. The van der Waals surface area contributed by atoms with Crippen LogP contribution < -0.4 is 4.72 Å². The molecule has 3 rings (SSSR count). The summed E-state index contributed by atoms with van der Waals surface area (Å²) in [4.78, 5) is 14.5. The molecule has 0 atom stereocenters. The van der Waals surface area contributed by atoms with Crippen molar-refractivity contribution in [1.82, 2.24) is 9.62 Å². The number of hydrogen-bond acceptors (Lipinski definition) is 4. The molecule has 1 aromatic heterocycles. The van der Waals surface area contributed by atoms with Crippen LogP contribution in [0.2, 0.25) is 0 Å². The lowest BCUT2D eigenvalue weighted by Crippen LogP contribution is -2.41. The molecule has 2 aromatic rings. The predicted molar refractivity (Wildman–Crippen MR) is 103 cm³/mol. The Balaban J connectivity index is 1.57. The molecule has 0 saturated carbocycles. The fourth-order valence-corrected chi connectivity index (χ4v) is 4.86. The van der Waals surface area contributed by atoms with Gasteiger partial charge in [0.05, 0.1) is 16.7 Å². The van der Waals surface area contributed by atoms with Gasteiger partial charge in [0, 0.05) is 19.6 Å². The summed E-state index contributed by atoms with van der Waals surface area (Å²) in [5.41, 5.74) is 3.36. The van der Waals surface area contributed by atoms with Gasteiger partial charge in [-0.3, -0.25) is 4.79 Å². The van der Waals surface area contributed by atoms with Crippen LogP contribution in [0.1, 0.15) is 39.9 Å². The first kappa shape index (κ1) is 19.6. The Morgan fingerprint density at radius 3 is 2.44 bits per heavy atom. The van der Waals surface area contributed by atoms with Crippen molar-refractivity contribution >= 4 is 15.9 Å². The van der Waals surface area contributed by atoms with Crippen LogP contribution in [0.5, 0.6) is 0 Å². The Bertz CT molecular complexity index is 912. The van der Waals surface area contributed by atoms with Gasteiger partial charge in [0.2, 0.25) is 10.0 Å². The van der Waals surface area contributed by atoms with Crippen molar-refractivity contribution in [3.8, 4) is 0 Å². The third-order valence-corrected chi connectivity index (χ3v) is 6.88. The zero-order valence-corrected chi connectivity index (χ0v) is 16.8. The van der Waals surface area contributed by atoms with Gasteiger partial charge >= 0.3 is 0 Å². The van der Waals surface area contributed by atoms with E-state index >= 15 is 0 Å². The van der Waals surface area contributed by atoms with E-state index in [2.05, 4.69) is 4.72 Å². The summed E-state index contributed by atoms with van der Waals surface area (Å²) in [6.07, 6.45) is 4.49. The molecular weight excluding hydrogens is 364 g/mol. The number of benzene rings is 1. The molecule has 1 amide bonds. The van der Waals surface area contributed by atoms with Gasteiger partial charge in [-0.1, -0.05) is 6.07 Å². The number of sulfonamides is 1. The minimum absolute atomic E-state index is 0.0338. The number of carbonyl (C=O) groups is 1. The van der Waals surface area contributed by atoms with Gasteiger partial charge in [0.25, 0.3) is 5.91 Å². The summed E-state index contributed by atoms with van der Waals surface area (Å²) in [5.74, 6) is 0.188. The molecule has 6 nitrogen and oxygen atoms in total. The van der Waals surface area contributed by atoms with E-state index in [0.29, 0.717) is 30.1 Å². The van der Waals surface area contributed by atoms with Crippen LogP contribution in [-0.4, -0.2) is 38.9 Å². The molecule has 2 heterocycles. The number of likely N-dealkylation sites (tertiary alicyclic amines) is 1. The maximum Gasteiger partial charge on any atom is 0.257 e. The molecule has 146 valence electrons. The number of hydrogen-bond donors (Lipinski definition) is 1. The smallest absolute Gasteiger partial charge is 0.257 e. The summed E-state index contributed by atoms with van der Waals surface area (Å²) >= 11 is 0. The lowest BCUT2D eigenvalue weighted by Gasteiger charge is -2.31. The minimum Gasteiger partial charge on any atom is -0.472 e. The highest BCUT2D eigenvalue weighted by atomic mass is 32.2. The molecule has 1 saturated heterocycles. The van der Waals surface area contributed by atoms with Crippen molar-refractivity contribution in [2.24, 2.45) is 5.92 Å². The van der Waals surface area contributed by atoms with Crippen molar-refractivity contribution in [1.29, 1.82) is 0 Å². The van der Waals surface area contributed by atoms with Crippen LogP contribution in [0.15, 0.2) is 40.0 Å². The second-order valence-corrected chi connectivity index (χ2v) is 9.04. The third kappa shape index (κ3) is 4.42. The lowest BCUT2D eigenvalue weighted by molar-refractivity contribution is 0.0691. The number of furan rings is 1. The van der Waals surface area contributed by atoms with Crippen LogP contribution in [-0.2, 0) is 10.0 Å². The molecular formula is C20H26N2O4S. The first-order chi connectivity index (χ1) is 12.8. The van der Waals surface area contributed by atoms with Gasteiger partial charge in [-0.15, -0.1) is 0 Å². The molecule has 1 aromatic carbocycles. The zero-order chi connectivity index (χ0) is 19.6. The first-order valence-corrected chi connectivity index (χ1v) is 10.7. The van der Waals surface area contributed by atoms with Gasteiger partial charge < -0.3 is 9.32 Å². The maximum absolute atomic E-state index is 12.7. The number of rotatable bonds is 5. The number of nitrogens with zero attached hydrogens (tertiary/aromatic N) is 1. The second kappa shape index (κ2) is 7.86. The van der Waals surface area contributed by atoms with Crippen molar-refractivity contribution in [2.45, 2.75) is 38.5 Å². The summed E-state index contributed by atoms with van der Waals surface area (Å²) in [6.45, 7) is 7.35. The zero-order valence-electron chi connectivity index (χ0n) is 16.0. The molecule has 7 heteroatoms. The molecule has 0 aliphatic carbocycles. The molecule has 0 radical (unpaired) electrons. The number of aryl methyl sites for hydroxylation is 3. The van der Waals surface area contributed by atoms with Crippen LogP contribution in [0.25, 0.3) is 0 Å². The van der Waals surface area contributed by atoms with Gasteiger partial charge in [-0.25, -0.2) is 13.1 Å². The van der Waals surface area contributed by atoms with Gasteiger partial charge in [-0.2, -0.15) is 0 Å². The van der Waals surface area contributed by atoms with E-state index in [1.54, 1.807) is 17.0 Å². The molecule has 1 aliphatic rings. The van der Waals surface area contributed by atoms with E-state index in [9.17, 15) is 13.2 Å². The maximum atomic E-state index is 12.7. The summed E-state index contributed by atoms with van der Waals surface area (Å²) in [7, 11) is -3.54. The van der Waals surface area contributed by atoms with Crippen LogP contribution in [0.3, 0.4) is 0 Å². The van der Waals surface area contributed by atoms with E-state index in [1.165, 1.54) is 12.5 Å². The van der Waals surface area contributed by atoms with Crippen LogP contribution >= 0.6 is 0 Å². The molecule has 0 bridgehead atoms. The molecule has 1 fully saturated rings.